The molecule has 0 saturated heterocycles. The first kappa shape index (κ1) is 22.0. The molecule has 6 aromatic rings. The number of para-hydroxylation sites is 2. The van der Waals surface area contributed by atoms with Gasteiger partial charge in [-0.1, -0.05) is 54.5 Å². The molecule has 0 atom stereocenters. The average Bonchev–Trinajstić information content (AvgIpc) is 3.44. The number of aromatic nitrogens is 1. The molecule has 0 aliphatic carbocycles. The van der Waals surface area contributed by atoms with E-state index in [2.05, 4.69) is 77.2 Å². The first-order valence-corrected chi connectivity index (χ1v) is 11.8. The summed E-state index contributed by atoms with van der Waals surface area (Å²) in [6.07, 6.45) is 7.41. The molecule has 2 aromatic heterocycles. The van der Waals surface area contributed by atoms with Gasteiger partial charge < -0.3 is 19.0 Å². The van der Waals surface area contributed by atoms with E-state index in [-0.39, 0.29) is 5.47 Å². The molecule has 172 valence electrons. The van der Waals surface area contributed by atoms with E-state index in [1.54, 1.807) is 6.08 Å². The summed E-state index contributed by atoms with van der Waals surface area (Å²) in [5, 5.41) is 23.4. The quantitative estimate of drug-likeness (QED) is 0.291. The molecule has 0 radical (unpaired) electrons. The van der Waals surface area contributed by atoms with Crippen LogP contribution in [-0.2, 0) is 0 Å². The summed E-state index contributed by atoms with van der Waals surface area (Å²) in [5.41, 5.74) is 6.66. The summed E-state index contributed by atoms with van der Waals surface area (Å²) >= 11 is 0. The Bertz CT molecular complexity index is 1940. The molecule has 0 fully saturated rings. The highest BCUT2D eigenvalue weighted by Crippen LogP contribution is 2.35. The van der Waals surface area contributed by atoms with E-state index in [0.717, 1.165) is 38.6 Å². The van der Waals surface area contributed by atoms with E-state index in [4.69, 9.17) is 10.8 Å². The molecule has 4 nitrogen and oxygen atoms in total. The predicted octanol–water partition coefficient (Wildman–Crippen LogP) is 4.79. The maximum atomic E-state index is 9.88. The Morgan fingerprint density at radius 1 is 0.833 bits per heavy atom. The zero-order valence-electron chi connectivity index (χ0n) is 19.6. The third-order valence-corrected chi connectivity index (χ3v) is 6.68. The van der Waals surface area contributed by atoms with E-state index in [1.165, 1.54) is 5.39 Å². The Hall–Kier alpha value is -4.50. The largest absolute Gasteiger partial charge is 0.498 e. The molecule has 0 amide bonds. The zero-order valence-corrected chi connectivity index (χ0v) is 19.6. The van der Waals surface area contributed by atoms with Gasteiger partial charge in [-0.3, -0.25) is 0 Å². The monoisotopic (exact) mass is 467 g/mol. The molecular formula is C31H22BNO3. The van der Waals surface area contributed by atoms with Crippen molar-refractivity contribution in [1.82, 2.24) is 4.57 Å². The van der Waals surface area contributed by atoms with Crippen LogP contribution >= 0.6 is 0 Å². The Kier molecular flexibility index (Phi) is 5.27. The van der Waals surface area contributed by atoms with Crippen LogP contribution in [0.3, 0.4) is 0 Å². The lowest BCUT2D eigenvalue weighted by Crippen LogP contribution is -2.30. The van der Waals surface area contributed by atoms with Gasteiger partial charge in [-0.05, 0) is 66.6 Å². The van der Waals surface area contributed by atoms with Crippen LogP contribution in [0.4, 0.5) is 0 Å². The summed E-state index contributed by atoms with van der Waals surface area (Å²) < 4.78 is 8.24. The number of hydrogen-bond donors (Lipinski definition) is 2. The standard InChI is InChI=1S/C31H22BNO3/c1-3-26(32(34)35)31-25-19-21(15-17-30(25)36-29(31)4-2)20-14-16-28-24(18-20)23-12-8-9-13-27(23)33(28)22-10-6-5-7-11-22/h1,4-19,34-35H,2H3. The summed E-state index contributed by atoms with van der Waals surface area (Å²) in [4.78, 5) is 0. The highest BCUT2D eigenvalue weighted by molar-refractivity contribution is 6.66. The fourth-order valence-electron chi connectivity index (χ4n) is 5.06. The van der Waals surface area contributed by atoms with Gasteiger partial charge in [0.15, 0.2) is 0 Å². The van der Waals surface area contributed by atoms with Gasteiger partial charge >= 0.3 is 7.12 Å². The number of benzene rings is 4. The van der Waals surface area contributed by atoms with Crippen molar-refractivity contribution in [2.75, 3.05) is 0 Å². The van der Waals surface area contributed by atoms with Crippen LogP contribution in [0.15, 0.2) is 95.4 Å². The van der Waals surface area contributed by atoms with Gasteiger partial charge in [0.25, 0.3) is 0 Å². The second kappa shape index (κ2) is 8.62. The minimum atomic E-state index is -1.77. The van der Waals surface area contributed by atoms with E-state index in [0.29, 0.717) is 16.2 Å². The summed E-state index contributed by atoms with van der Waals surface area (Å²) in [7, 11) is -1.77. The highest BCUT2D eigenvalue weighted by Gasteiger charge is 2.18. The Labute approximate surface area is 208 Å². The molecule has 2 heterocycles. The van der Waals surface area contributed by atoms with Crippen LogP contribution < -0.4 is 10.6 Å². The molecule has 0 unspecified atom stereocenters. The minimum absolute atomic E-state index is 0.0837. The molecular weight excluding hydrogens is 445 g/mol. The smallest absolute Gasteiger partial charge is 0.456 e. The fraction of sp³-hybridized carbons (Fsp3) is 0.0323. The van der Waals surface area contributed by atoms with Crippen molar-refractivity contribution in [3.8, 4) is 29.2 Å². The molecule has 0 saturated carbocycles. The Morgan fingerprint density at radius 2 is 1.50 bits per heavy atom. The highest BCUT2D eigenvalue weighted by atomic mass is 16.4. The number of furan rings is 1. The van der Waals surface area contributed by atoms with E-state index < -0.39 is 7.12 Å². The maximum absolute atomic E-state index is 9.88. The van der Waals surface area contributed by atoms with Crippen molar-refractivity contribution in [3.63, 3.8) is 0 Å². The predicted molar refractivity (Wildman–Crippen MR) is 148 cm³/mol. The summed E-state index contributed by atoms with van der Waals surface area (Å²) in [6.45, 7) is 1.83. The maximum Gasteiger partial charge on any atom is 0.498 e. The minimum Gasteiger partial charge on any atom is -0.456 e. The lowest BCUT2D eigenvalue weighted by Gasteiger charge is -2.08. The molecule has 0 spiro atoms. The van der Waals surface area contributed by atoms with Crippen LogP contribution in [0.25, 0.3) is 61.1 Å². The van der Waals surface area contributed by atoms with E-state index in [9.17, 15) is 10.0 Å². The first-order valence-electron chi connectivity index (χ1n) is 11.8. The Balaban J connectivity index is 1.63. The first-order chi connectivity index (χ1) is 17.6. The summed E-state index contributed by atoms with van der Waals surface area (Å²) in [5.74, 6) is 2.43. The van der Waals surface area contributed by atoms with Crippen molar-refractivity contribution >= 4 is 51.4 Å². The lowest BCUT2D eigenvalue weighted by atomic mass is 9.78. The van der Waals surface area contributed by atoms with Gasteiger partial charge in [0.1, 0.15) is 11.0 Å². The average molecular weight is 467 g/mol. The number of terminal acetylenes is 1. The number of rotatable bonds is 3. The second-order valence-corrected chi connectivity index (χ2v) is 8.69. The third kappa shape index (κ3) is 3.36. The molecule has 5 heteroatoms. The number of nitrogens with zero attached hydrogens (tertiary/aromatic N) is 1. The Morgan fingerprint density at radius 3 is 2.22 bits per heavy atom. The molecule has 0 aliphatic rings. The van der Waals surface area contributed by atoms with Crippen LogP contribution in [0, 0.1) is 12.3 Å². The van der Waals surface area contributed by atoms with Crippen molar-refractivity contribution in [1.29, 1.82) is 0 Å². The van der Waals surface area contributed by atoms with Gasteiger partial charge in [-0.2, -0.15) is 0 Å². The van der Waals surface area contributed by atoms with E-state index in [1.807, 2.05) is 31.2 Å². The van der Waals surface area contributed by atoms with Crippen molar-refractivity contribution < 1.29 is 14.5 Å². The van der Waals surface area contributed by atoms with Crippen LogP contribution in [-0.4, -0.2) is 21.7 Å². The van der Waals surface area contributed by atoms with Crippen molar-refractivity contribution in [2.24, 2.45) is 0 Å². The van der Waals surface area contributed by atoms with Gasteiger partial charge in [0, 0.05) is 32.5 Å². The molecule has 4 aromatic carbocycles. The zero-order chi connectivity index (χ0) is 24.8. The van der Waals surface area contributed by atoms with Crippen LogP contribution in [0.2, 0.25) is 0 Å². The van der Waals surface area contributed by atoms with Gasteiger partial charge in [0.05, 0.1) is 11.0 Å². The van der Waals surface area contributed by atoms with Crippen molar-refractivity contribution in [2.45, 2.75) is 6.92 Å². The van der Waals surface area contributed by atoms with Gasteiger partial charge in [-0.25, -0.2) is 0 Å². The molecule has 0 bridgehead atoms. The van der Waals surface area contributed by atoms with Gasteiger partial charge in [-0.15, -0.1) is 6.42 Å². The topological polar surface area (TPSA) is 58.5 Å². The number of fused-ring (bicyclic) bond motifs is 4. The van der Waals surface area contributed by atoms with Gasteiger partial charge in [0.2, 0.25) is 0 Å². The van der Waals surface area contributed by atoms with Crippen LogP contribution in [0.5, 0.6) is 0 Å². The normalized spacial score (nSPS) is 12.9. The summed E-state index contributed by atoms with van der Waals surface area (Å²) in [6, 6.07) is 31.2. The number of hydrogen-bond acceptors (Lipinski definition) is 3. The molecule has 6 rings (SSSR count). The second-order valence-electron chi connectivity index (χ2n) is 8.69. The fourth-order valence-corrected chi connectivity index (χ4v) is 5.06. The molecule has 2 N–H and O–H groups in total. The molecule has 0 aliphatic heterocycles. The SMILES string of the molecule is C#CC(B(O)O)=c1c(=CC)oc2ccc(-c3ccc4c(c3)c3ccccc3n4-c3ccccc3)cc12. The van der Waals surface area contributed by atoms with Crippen molar-refractivity contribution in [3.05, 3.63) is 102 Å². The molecule has 36 heavy (non-hydrogen) atoms. The third-order valence-electron chi connectivity index (χ3n) is 6.68. The van der Waals surface area contributed by atoms with E-state index >= 15 is 0 Å². The lowest BCUT2D eigenvalue weighted by molar-refractivity contribution is 0.427. The van der Waals surface area contributed by atoms with Crippen LogP contribution in [0.1, 0.15) is 6.92 Å².